The third-order valence-corrected chi connectivity index (χ3v) is 3.37. The molecule has 0 aromatic carbocycles. The predicted molar refractivity (Wildman–Crippen MR) is 71.9 cm³/mol. The topological polar surface area (TPSA) is 64.3 Å². The summed E-state index contributed by atoms with van der Waals surface area (Å²) >= 11 is 0. The standard InChI is InChI=1S/C13H22N4O/c1-17(2)12-15-9-6-11(16-12)18-10-13(14)7-4-3-5-8-13/h6,9H,3-5,7-8,10,14H2,1-2H3. The summed E-state index contributed by atoms with van der Waals surface area (Å²) in [4.78, 5) is 10.3. The summed E-state index contributed by atoms with van der Waals surface area (Å²) in [6.07, 6.45) is 7.48. The summed E-state index contributed by atoms with van der Waals surface area (Å²) in [5.41, 5.74) is 6.15. The van der Waals surface area contributed by atoms with Gasteiger partial charge in [-0.3, -0.25) is 0 Å². The summed E-state index contributed by atoms with van der Waals surface area (Å²) in [5, 5.41) is 0. The number of nitrogens with zero attached hydrogens (tertiary/aromatic N) is 3. The Balaban J connectivity index is 1.95. The highest BCUT2D eigenvalue weighted by molar-refractivity contribution is 5.29. The maximum absolute atomic E-state index is 6.33. The van der Waals surface area contributed by atoms with E-state index in [4.69, 9.17) is 10.5 Å². The molecule has 1 aromatic heterocycles. The van der Waals surface area contributed by atoms with Crippen LogP contribution in [0.15, 0.2) is 12.3 Å². The van der Waals surface area contributed by atoms with Crippen molar-refractivity contribution in [3.8, 4) is 5.88 Å². The molecule has 0 amide bonds. The Hall–Kier alpha value is -1.36. The molecule has 1 saturated carbocycles. The van der Waals surface area contributed by atoms with E-state index in [1.807, 2.05) is 19.0 Å². The van der Waals surface area contributed by atoms with Crippen molar-refractivity contribution < 1.29 is 4.74 Å². The van der Waals surface area contributed by atoms with Crippen molar-refractivity contribution in [1.82, 2.24) is 9.97 Å². The van der Waals surface area contributed by atoms with Gasteiger partial charge in [0.15, 0.2) is 0 Å². The SMILES string of the molecule is CN(C)c1nccc(OCC2(N)CCCCC2)n1. The smallest absolute Gasteiger partial charge is 0.228 e. The minimum atomic E-state index is -0.179. The lowest BCUT2D eigenvalue weighted by atomic mass is 9.83. The zero-order valence-electron chi connectivity index (χ0n) is 11.2. The van der Waals surface area contributed by atoms with Crippen LogP contribution < -0.4 is 15.4 Å². The van der Waals surface area contributed by atoms with E-state index in [2.05, 4.69) is 9.97 Å². The van der Waals surface area contributed by atoms with Gasteiger partial charge in [-0.25, -0.2) is 4.98 Å². The first-order chi connectivity index (χ1) is 8.59. The fraction of sp³-hybridized carbons (Fsp3) is 0.692. The molecule has 0 radical (unpaired) electrons. The number of rotatable bonds is 4. The maximum Gasteiger partial charge on any atom is 0.228 e. The molecular formula is C13H22N4O. The van der Waals surface area contributed by atoms with E-state index >= 15 is 0 Å². The molecule has 5 nitrogen and oxygen atoms in total. The van der Waals surface area contributed by atoms with Gasteiger partial charge in [-0.05, 0) is 12.8 Å². The van der Waals surface area contributed by atoms with Crippen molar-refractivity contribution in [3.63, 3.8) is 0 Å². The molecule has 2 N–H and O–H groups in total. The molecule has 0 atom stereocenters. The van der Waals surface area contributed by atoms with Gasteiger partial charge in [0.1, 0.15) is 6.61 Å². The van der Waals surface area contributed by atoms with Gasteiger partial charge in [-0.15, -0.1) is 0 Å². The average molecular weight is 250 g/mol. The van der Waals surface area contributed by atoms with Gasteiger partial charge in [0.05, 0.1) is 5.54 Å². The molecule has 0 unspecified atom stereocenters. The maximum atomic E-state index is 6.33. The highest BCUT2D eigenvalue weighted by Crippen LogP contribution is 2.26. The van der Waals surface area contributed by atoms with Gasteiger partial charge in [-0.2, -0.15) is 4.98 Å². The zero-order chi connectivity index (χ0) is 13.0. The average Bonchev–Trinajstić information content (AvgIpc) is 2.38. The van der Waals surface area contributed by atoms with Crippen molar-refractivity contribution in [1.29, 1.82) is 0 Å². The molecule has 1 fully saturated rings. The Bertz CT molecular complexity index is 388. The van der Waals surface area contributed by atoms with E-state index in [0.29, 0.717) is 18.4 Å². The van der Waals surface area contributed by atoms with Crippen LogP contribution >= 0.6 is 0 Å². The summed E-state index contributed by atoms with van der Waals surface area (Å²) in [6, 6.07) is 1.78. The Morgan fingerprint density at radius 2 is 2.06 bits per heavy atom. The van der Waals surface area contributed by atoms with Crippen LogP contribution in [0.4, 0.5) is 5.95 Å². The Labute approximate surface area is 108 Å². The molecule has 1 aliphatic carbocycles. The predicted octanol–water partition coefficient (Wildman–Crippen LogP) is 1.58. The summed E-state index contributed by atoms with van der Waals surface area (Å²) < 4.78 is 5.74. The number of aromatic nitrogens is 2. The van der Waals surface area contributed by atoms with Crippen LogP contribution in [0.3, 0.4) is 0 Å². The molecule has 0 aliphatic heterocycles. The molecule has 18 heavy (non-hydrogen) atoms. The highest BCUT2D eigenvalue weighted by atomic mass is 16.5. The van der Waals surface area contributed by atoms with Crippen molar-refractivity contribution in [2.45, 2.75) is 37.6 Å². The Morgan fingerprint density at radius 1 is 1.33 bits per heavy atom. The lowest BCUT2D eigenvalue weighted by Gasteiger charge is -2.32. The molecule has 5 heteroatoms. The monoisotopic (exact) mass is 250 g/mol. The van der Waals surface area contributed by atoms with Crippen molar-refractivity contribution in [2.24, 2.45) is 5.73 Å². The van der Waals surface area contributed by atoms with Crippen LogP contribution in [0.2, 0.25) is 0 Å². The van der Waals surface area contributed by atoms with E-state index in [1.165, 1.54) is 19.3 Å². The quantitative estimate of drug-likeness (QED) is 0.879. The first-order valence-electron chi connectivity index (χ1n) is 6.51. The van der Waals surface area contributed by atoms with Gasteiger partial charge in [0, 0.05) is 26.4 Å². The van der Waals surface area contributed by atoms with E-state index < -0.39 is 0 Å². The third-order valence-electron chi connectivity index (χ3n) is 3.37. The van der Waals surface area contributed by atoms with E-state index in [0.717, 1.165) is 12.8 Å². The molecule has 1 aliphatic rings. The van der Waals surface area contributed by atoms with E-state index in [9.17, 15) is 0 Å². The summed E-state index contributed by atoms with van der Waals surface area (Å²) in [7, 11) is 3.81. The van der Waals surface area contributed by atoms with E-state index in [1.54, 1.807) is 12.3 Å². The third kappa shape index (κ3) is 3.32. The van der Waals surface area contributed by atoms with Gasteiger partial charge in [0.2, 0.25) is 11.8 Å². The van der Waals surface area contributed by atoms with Crippen LogP contribution in [0.25, 0.3) is 0 Å². The summed E-state index contributed by atoms with van der Waals surface area (Å²) in [5.74, 6) is 1.26. The summed E-state index contributed by atoms with van der Waals surface area (Å²) in [6.45, 7) is 0.539. The van der Waals surface area contributed by atoms with Crippen molar-refractivity contribution >= 4 is 5.95 Å². The normalized spacial score (nSPS) is 18.4. The highest BCUT2D eigenvalue weighted by Gasteiger charge is 2.28. The largest absolute Gasteiger partial charge is 0.476 e. The second kappa shape index (κ2) is 5.52. The van der Waals surface area contributed by atoms with Crippen LogP contribution in [-0.2, 0) is 0 Å². The fourth-order valence-corrected chi connectivity index (χ4v) is 2.25. The molecule has 1 aromatic rings. The van der Waals surface area contributed by atoms with Crippen LogP contribution in [0.5, 0.6) is 5.88 Å². The number of anilines is 1. The van der Waals surface area contributed by atoms with Crippen LogP contribution in [-0.4, -0.2) is 36.2 Å². The number of ether oxygens (including phenoxy) is 1. The molecule has 1 heterocycles. The lowest BCUT2D eigenvalue weighted by molar-refractivity contribution is 0.169. The minimum Gasteiger partial charge on any atom is -0.476 e. The fourth-order valence-electron chi connectivity index (χ4n) is 2.25. The van der Waals surface area contributed by atoms with Crippen molar-refractivity contribution in [2.75, 3.05) is 25.6 Å². The van der Waals surface area contributed by atoms with Gasteiger partial charge in [0.25, 0.3) is 0 Å². The first-order valence-corrected chi connectivity index (χ1v) is 6.51. The molecule has 0 saturated heterocycles. The Kier molecular flexibility index (Phi) is 4.01. The molecule has 0 spiro atoms. The second-order valence-corrected chi connectivity index (χ2v) is 5.30. The molecular weight excluding hydrogens is 228 g/mol. The zero-order valence-corrected chi connectivity index (χ0v) is 11.2. The molecule has 2 rings (SSSR count). The van der Waals surface area contributed by atoms with Gasteiger partial charge in [-0.1, -0.05) is 19.3 Å². The minimum absolute atomic E-state index is 0.179. The van der Waals surface area contributed by atoms with Gasteiger partial charge >= 0.3 is 0 Å². The lowest BCUT2D eigenvalue weighted by Crippen LogP contribution is -2.47. The van der Waals surface area contributed by atoms with Crippen molar-refractivity contribution in [3.05, 3.63) is 12.3 Å². The van der Waals surface area contributed by atoms with Crippen LogP contribution in [0.1, 0.15) is 32.1 Å². The molecule has 100 valence electrons. The Morgan fingerprint density at radius 3 is 2.72 bits per heavy atom. The second-order valence-electron chi connectivity index (χ2n) is 5.30. The first kappa shape index (κ1) is 13.1. The number of nitrogens with two attached hydrogens (primary N) is 1. The number of hydrogen-bond acceptors (Lipinski definition) is 5. The number of hydrogen-bond donors (Lipinski definition) is 1. The van der Waals surface area contributed by atoms with E-state index in [-0.39, 0.29) is 5.54 Å². The molecule has 0 bridgehead atoms. The van der Waals surface area contributed by atoms with Crippen LogP contribution in [0, 0.1) is 0 Å². The van der Waals surface area contributed by atoms with Gasteiger partial charge < -0.3 is 15.4 Å².